The van der Waals surface area contributed by atoms with E-state index in [1.54, 1.807) is 6.07 Å². The lowest BCUT2D eigenvalue weighted by molar-refractivity contribution is 0.402. The van der Waals surface area contributed by atoms with Crippen LogP contribution in [0.4, 0.5) is 4.39 Å². The number of aromatic amines is 1. The zero-order valence-electron chi connectivity index (χ0n) is 16.2. The van der Waals surface area contributed by atoms with Gasteiger partial charge < -0.3 is 9.47 Å². The molecule has 2 heterocycles. The Hall–Kier alpha value is -2.77. The molecule has 2 aromatic carbocycles. The maximum atomic E-state index is 15.1. The van der Waals surface area contributed by atoms with Gasteiger partial charge in [0.05, 0.1) is 5.52 Å². The molecular weight excluding hydrogens is 389 g/mol. The van der Waals surface area contributed by atoms with Crippen molar-refractivity contribution in [2.24, 2.45) is 0 Å². The van der Waals surface area contributed by atoms with Gasteiger partial charge in [0, 0.05) is 23.5 Å². The molecule has 1 aliphatic carbocycles. The number of benzene rings is 2. The van der Waals surface area contributed by atoms with Gasteiger partial charge in [0.25, 0.3) is 5.56 Å². The van der Waals surface area contributed by atoms with Gasteiger partial charge in [0.15, 0.2) is 0 Å². The molecule has 0 radical (unpaired) electrons. The normalized spacial score (nSPS) is 14.3. The van der Waals surface area contributed by atoms with Gasteiger partial charge >= 0.3 is 0 Å². The predicted molar refractivity (Wildman–Crippen MR) is 115 cm³/mol. The monoisotopic (exact) mass is 409 g/mol. The smallest absolute Gasteiger partial charge is 0.271 e. The Balaban J connectivity index is 1.80. The summed E-state index contributed by atoms with van der Waals surface area (Å²) in [5, 5.41) is 0.397. The molecule has 2 aromatic heterocycles. The number of nitrogens with zero attached hydrogens (tertiary/aromatic N) is 2. The first kappa shape index (κ1) is 18.3. The number of pyridine rings is 1. The molecule has 29 heavy (non-hydrogen) atoms. The summed E-state index contributed by atoms with van der Waals surface area (Å²) in [7, 11) is 3.98. The second kappa shape index (κ2) is 6.64. The number of rotatable bonds is 4. The molecule has 0 spiro atoms. The van der Waals surface area contributed by atoms with Gasteiger partial charge in [-0.2, -0.15) is 0 Å². The number of hydrogen-bond donors (Lipinski definition) is 1. The lowest BCUT2D eigenvalue weighted by Crippen LogP contribution is -2.15. The molecule has 1 N–H and O–H groups in total. The van der Waals surface area contributed by atoms with Crippen LogP contribution in [0.3, 0.4) is 0 Å². The van der Waals surface area contributed by atoms with Gasteiger partial charge in [0.1, 0.15) is 16.0 Å². The van der Waals surface area contributed by atoms with Gasteiger partial charge in [-0.3, -0.25) is 14.0 Å². The maximum absolute atomic E-state index is 15.1. The van der Waals surface area contributed by atoms with E-state index >= 15 is 4.39 Å². The second-order valence-electron chi connectivity index (χ2n) is 7.93. The highest BCUT2D eigenvalue weighted by atomic mass is 32.1. The van der Waals surface area contributed by atoms with E-state index in [0.717, 1.165) is 30.5 Å². The Morgan fingerprint density at radius 3 is 2.72 bits per heavy atom. The molecule has 0 aliphatic heterocycles. The van der Waals surface area contributed by atoms with E-state index in [2.05, 4.69) is 9.27 Å². The Kier molecular flexibility index (Phi) is 4.18. The van der Waals surface area contributed by atoms with Crippen LogP contribution in [0.15, 0.2) is 46.0 Å². The van der Waals surface area contributed by atoms with Crippen LogP contribution in [-0.4, -0.2) is 27.9 Å². The SMILES string of the molecule is CN(C)Cc1cccc(-c2cc3c(cc2F)c(=O)c2c(=O)[nH]sc2n3C2CC2)c1. The highest BCUT2D eigenvalue weighted by molar-refractivity contribution is 7.12. The Labute approximate surface area is 170 Å². The van der Waals surface area contributed by atoms with Crippen LogP contribution in [0.5, 0.6) is 0 Å². The van der Waals surface area contributed by atoms with Gasteiger partial charge in [0.2, 0.25) is 5.43 Å². The molecule has 0 atom stereocenters. The fourth-order valence-corrected chi connectivity index (χ4v) is 4.89. The van der Waals surface area contributed by atoms with Crippen molar-refractivity contribution in [3.63, 3.8) is 0 Å². The first-order chi connectivity index (χ1) is 13.9. The third kappa shape index (κ3) is 3.01. The van der Waals surface area contributed by atoms with Gasteiger partial charge in [-0.15, -0.1) is 0 Å². The largest absolute Gasteiger partial charge is 0.328 e. The summed E-state index contributed by atoms with van der Waals surface area (Å²) in [5.74, 6) is -0.454. The van der Waals surface area contributed by atoms with Crippen molar-refractivity contribution in [3.05, 3.63) is 68.4 Å². The van der Waals surface area contributed by atoms with Crippen molar-refractivity contribution in [1.29, 1.82) is 0 Å². The quantitative estimate of drug-likeness (QED) is 0.552. The predicted octanol–water partition coefficient (Wildman–Crippen LogP) is 4.11. The van der Waals surface area contributed by atoms with E-state index in [0.29, 0.717) is 15.9 Å². The fourth-order valence-electron chi connectivity index (χ4n) is 3.97. The second-order valence-corrected chi connectivity index (χ2v) is 8.73. The third-order valence-corrected chi connectivity index (χ3v) is 6.25. The summed E-state index contributed by atoms with van der Waals surface area (Å²) in [6.45, 7) is 0.758. The number of halogens is 1. The highest BCUT2D eigenvalue weighted by Gasteiger charge is 2.29. The van der Waals surface area contributed by atoms with Crippen LogP contribution >= 0.6 is 11.5 Å². The van der Waals surface area contributed by atoms with E-state index in [9.17, 15) is 9.59 Å². The van der Waals surface area contributed by atoms with Gasteiger partial charge in [-0.25, -0.2) is 4.39 Å². The van der Waals surface area contributed by atoms with Gasteiger partial charge in [-0.05, 0) is 67.8 Å². The summed E-state index contributed by atoms with van der Waals surface area (Å²) in [6, 6.07) is 11.1. The average molecular weight is 409 g/mol. The van der Waals surface area contributed by atoms with E-state index in [4.69, 9.17) is 0 Å². The van der Waals surface area contributed by atoms with Crippen molar-refractivity contribution in [3.8, 4) is 11.1 Å². The molecular formula is C22H20FN3O2S. The minimum absolute atomic E-state index is 0.134. The number of fused-ring (bicyclic) bond motifs is 2. The van der Waals surface area contributed by atoms with Crippen molar-refractivity contribution >= 4 is 32.7 Å². The van der Waals surface area contributed by atoms with E-state index in [1.807, 2.05) is 42.9 Å². The van der Waals surface area contributed by atoms with E-state index in [-0.39, 0.29) is 16.8 Å². The summed E-state index contributed by atoms with van der Waals surface area (Å²) < 4.78 is 19.8. The molecule has 0 saturated heterocycles. The highest BCUT2D eigenvalue weighted by Crippen LogP contribution is 2.40. The minimum atomic E-state index is -0.454. The van der Waals surface area contributed by atoms with Crippen LogP contribution in [-0.2, 0) is 6.54 Å². The van der Waals surface area contributed by atoms with Crippen LogP contribution in [0.2, 0.25) is 0 Å². The molecule has 1 aliphatic rings. The Morgan fingerprint density at radius 2 is 2.00 bits per heavy atom. The number of H-pyrrole nitrogens is 1. The van der Waals surface area contributed by atoms with Crippen LogP contribution in [0, 0.1) is 5.82 Å². The third-order valence-electron chi connectivity index (χ3n) is 5.37. The Bertz CT molecular complexity index is 1380. The fraction of sp³-hybridized carbons (Fsp3) is 0.273. The van der Waals surface area contributed by atoms with E-state index in [1.165, 1.54) is 17.6 Å². The summed E-state index contributed by atoms with van der Waals surface area (Å²) in [6.07, 6.45) is 1.98. The average Bonchev–Trinajstić information content (AvgIpc) is 3.44. The van der Waals surface area contributed by atoms with Crippen LogP contribution in [0.25, 0.3) is 32.2 Å². The number of nitrogens with one attached hydrogen (secondary N) is 1. The topological polar surface area (TPSA) is 58.1 Å². The summed E-state index contributed by atoms with van der Waals surface area (Å²) in [5.41, 5.74) is 2.23. The van der Waals surface area contributed by atoms with Crippen molar-refractivity contribution in [1.82, 2.24) is 13.8 Å². The molecule has 5 rings (SSSR count). The van der Waals surface area contributed by atoms with Gasteiger partial charge in [-0.1, -0.05) is 18.2 Å². The first-order valence-electron chi connectivity index (χ1n) is 9.57. The summed E-state index contributed by atoms with van der Waals surface area (Å²) in [4.78, 5) is 27.8. The first-order valence-corrected chi connectivity index (χ1v) is 10.4. The maximum Gasteiger partial charge on any atom is 0.271 e. The lowest BCUT2D eigenvalue weighted by atomic mass is 10.00. The molecule has 0 unspecified atom stereocenters. The molecule has 148 valence electrons. The standard InChI is InChI=1S/C22H20FN3O2S/c1-25(2)11-12-4-3-5-13(8-12)15-10-18-16(9-17(15)23)20(27)19-21(28)24-29-22(19)26(18)14-6-7-14/h3-5,8-10,14H,6-7,11H2,1-2H3,(H,24,28). The van der Waals surface area contributed by atoms with Crippen LogP contribution < -0.4 is 11.0 Å². The lowest BCUT2D eigenvalue weighted by Gasteiger charge is -2.15. The molecule has 4 aromatic rings. The van der Waals surface area contributed by atoms with E-state index < -0.39 is 16.8 Å². The zero-order chi connectivity index (χ0) is 20.3. The van der Waals surface area contributed by atoms with Crippen molar-refractivity contribution in [2.75, 3.05) is 14.1 Å². The molecule has 5 nitrogen and oxygen atoms in total. The molecule has 0 amide bonds. The molecule has 1 fully saturated rings. The zero-order valence-corrected chi connectivity index (χ0v) is 17.0. The summed E-state index contributed by atoms with van der Waals surface area (Å²) >= 11 is 1.18. The number of aromatic nitrogens is 2. The Morgan fingerprint density at radius 1 is 1.21 bits per heavy atom. The molecule has 7 heteroatoms. The molecule has 0 bridgehead atoms. The van der Waals surface area contributed by atoms with Crippen molar-refractivity contribution < 1.29 is 4.39 Å². The minimum Gasteiger partial charge on any atom is -0.328 e. The van der Waals surface area contributed by atoms with Crippen molar-refractivity contribution in [2.45, 2.75) is 25.4 Å². The molecule has 1 saturated carbocycles. The number of hydrogen-bond acceptors (Lipinski definition) is 4. The van der Waals surface area contributed by atoms with Crippen LogP contribution in [0.1, 0.15) is 24.4 Å².